The molecule has 0 aliphatic rings. The van der Waals surface area contributed by atoms with Crippen LogP contribution in [0.15, 0.2) is 60.8 Å². The zero-order valence-electron chi connectivity index (χ0n) is 21.0. The summed E-state index contributed by atoms with van der Waals surface area (Å²) in [7, 11) is 0. The number of aryl methyl sites for hydroxylation is 2. The molecule has 38 heavy (non-hydrogen) atoms. The Balaban J connectivity index is 1.60. The molecule has 0 aliphatic carbocycles. The Labute approximate surface area is 224 Å². The molecule has 0 saturated carbocycles. The lowest BCUT2D eigenvalue weighted by Gasteiger charge is -2.14. The van der Waals surface area contributed by atoms with Crippen LogP contribution in [0.1, 0.15) is 52.9 Å². The van der Waals surface area contributed by atoms with Gasteiger partial charge >= 0.3 is 0 Å². The van der Waals surface area contributed by atoms with E-state index in [0.29, 0.717) is 24.6 Å². The zero-order valence-corrected chi connectivity index (χ0v) is 21.8. The largest absolute Gasteiger partial charge is 0.506 e. The van der Waals surface area contributed by atoms with Crippen LogP contribution in [0.3, 0.4) is 0 Å². The predicted octanol–water partition coefficient (Wildman–Crippen LogP) is 5.41. The highest BCUT2D eigenvalue weighted by molar-refractivity contribution is 6.33. The van der Waals surface area contributed by atoms with E-state index >= 15 is 0 Å². The van der Waals surface area contributed by atoms with E-state index in [4.69, 9.17) is 11.6 Å². The molecule has 3 heterocycles. The van der Waals surface area contributed by atoms with Crippen molar-refractivity contribution < 1.29 is 9.90 Å². The second-order valence-electron chi connectivity index (χ2n) is 9.05. The van der Waals surface area contributed by atoms with Crippen molar-refractivity contribution in [1.82, 2.24) is 35.2 Å². The maximum Gasteiger partial charge on any atom is 0.234 e. The second-order valence-corrected chi connectivity index (χ2v) is 9.41. The molecule has 0 fully saturated rings. The van der Waals surface area contributed by atoms with Gasteiger partial charge in [-0.05, 0) is 52.9 Å². The lowest BCUT2D eigenvalue weighted by molar-refractivity contribution is 0.102. The fraction of sp³-hybridized carbons (Fsp3) is 0.214. The summed E-state index contributed by atoms with van der Waals surface area (Å²) < 4.78 is 1.82. The van der Waals surface area contributed by atoms with Gasteiger partial charge in [-0.3, -0.25) is 4.79 Å². The van der Waals surface area contributed by atoms with E-state index in [-0.39, 0.29) is 22.3 Å². The number of pyridine rings is 1. The van der Waals surface area contributed by atoms with Crippen LogP contribution in [0.25, 0.3) is 22.5 Å². The highest BCUT2D eigenvalue weighted by atomic mass is 35.5. The molecule has 0 atom stereocenters. The maximum atomic E-state index is 13.6. The molecule has 9 nitrogen and oxygen atoms in total. The van der Waals surface area contributed by atoms with Gasteiger partial charge in [-0.25, -0.2) is 9.97 Å². The fourth-order valence-electron chi connectivity index (χ4n) is 4.42. The van der Waals surface area contributed by atoms with Crippen molar-refractivity contribution in [2.45, 2.75) is 39.7 Å². The third-order valence-electron chi connectivity index (χ3n) is 6.29. The molecule has 192 valence electrons. The van der Waals surface area contributed by atoms with Crippen LogP contribution in [0, 0.1) is 6.92 Å². The molecular weight excluding hydrogens is 502 g/mol. The smallest absolute Gasteiger partial charge is 0.234 e. The van der Waals surface area contributed by atoms with E-state index in [0.717, 1.165) is 40.7 Å². The van der Waals surface area contributed by atoms with Gasteiger partial charge in [0.1, 0.15) is 17.3 Å². The predicted molar refractivity (Wildman–Crippen MR) is 144 cm³/mol. The molecule has 0 amide bonds. The number of carbonyl (C=O) groups excluding carboxylic acids is 1. The molecule has 2 aromatic carbocycles. The summed E-state index contributed by atoms with van der Waals surface area (Å²) >= 11 is 6.55. The van der Waals surface area contributed by atoms with Gasteiger partial charge in [-0.15, -0.1) is 10.2 Å². The van der Waals surface area contributed by atoms with Gasteiger partial charge in [0, 0.05) is 24.7 Å². The molecule has 5 rings (SSSR count). The average Bonchev–Trinajstić information content (AvgIpc) is 3.56. The van der Waals surface area contributed by atoms with Crippen molar-refractivity contribution in [3.05, 3.63) is 94.3 Å². The van der Waals surface area contributed by atoms with Crippen LogP contribution in [0.5, 0.6) is 5.75 Å². The van der Waals surface area contributed by atoms with Gasteiger partial charge in [0.05, 0.1) is 0 Å². The lowest BCUT2D eigenvalue weighted by Crippen LogP contribution is -2.15. The summed E-state index contributed by atoms with van der Waals surface area (Å²) in [6.07, 6.45) is 4.04. The SMILES string of the molecule is CCCCc1nc(Cl)c(C(=O)c2ncc(C)cc2O)n1Cc1ccc(-c2ccccc2)c(-c2nn[nH]n2)c1. The van der Waals surface area contributed by atoms with Crippen molar-refractivity contribution >= 4 is 17.4 Å². The highest BCUT2D eigenvalue weighted by Crippen LogP contribution is 2.32. The van der Waals surface area contributed by atoms with E-state index in [2.05, 4.69) is 37.5 Å². The Kier molecular flexibility index (Phi) is 7.28. The van der Waals surface area contributed by atoms with E-state index in [1.807, 2.05) is 53.1 Å². The van der Waals surface area contributed by atoms with Crippen molar-refractivity contribution in [3.8, 4) is 28.3 Å². The molecule has 5 aromatic rings. The normalized spacial score (nSPS) is 11.1. The molecule has 0 bridgehead atoms. The summed E-state index contributed by atoms with van der Waals surface area (Å²) in [6.45, 7) is 4.21. The van der Waals surface area contributed by atoms with Crippen LogP contribution in [0.4, 0.5) is 0 Å². The maximum absolute atomic E-state index is 13.6. The van der Waals surface area contributed by atoms with Gasteiger partial charge in [-0.1, -0.05) is 67.4 Å². The second kappa shape index (κ2) is 10.9. The molecule has 0 radical (unpaired) electrons. The average molecular weight is 528 g/mol. The first kappa shape index (κ1) is 25.3. The van der Waals surface area contributed by atoms with E-state index in [1.54, 1.807) is 13.1 Å². The number of rotatable bonds is 9. The summed E-state index contributed by atoms with van der Waals surface area (Å²) in [4.78, 5) is 22.3. The number of carbonyl (C=O) groups is 1. The molecule has 10 heteroatoms. The van der Waals surface area contributed by atoms with E-state index in [9.17, 15) is 9.90 Å². The minimum atomic E-state index is -0.484. The number of H-pyrrole nitrogens is 1. The van der Waals surface area contributed by atoms with Crippen LogP contribution in [-0.4, -0.2) is 46.0 Å². The first-order chi connectivity index (χ1) is 18.5. The summed E-state index contributed by atoms with van der Waals surface area (Å²) in [5.41, 5.74) is 4.54. The molecule has 2 N–H and O–H groups in total. The number of ketones is 1. The number of aromatic amines is 1. The fourth-order valence-corrected chi connectivity index (χ4v) is 4.71. The number of halogens is 1. The third kappa shape index (κ3) is 5.05. The van der Waals surface area contributed by atoms with Crippen LogP contribution in [-0.2, 0) is 13.0 Å². The minimum absolute atomic E-state index is 0.0624. The number of nitrogens with zero attached hydrogens (tertiary/aromatic N) is 6. The van der Waals surface area contributed by atoms with Crippen molar-refractivity contribution in [3.63, 3.8) is 0 Å². The summed E-state index contributed by atoms with van der Waals surface area (Å²) in [6, 6.07) is 17.5. The Bertz CT molecular complexity index is 1580. The number of unbranched alkanes of at least 4 members (excludes halogenated alkanes) is 1. The molecule has 0 spiro atoms. The number of aromatic nitrogens is 7. The number of benzene rings is 2. The number of hydrogen-bond donors (Lipinski definition) is 2. The van der Waals surface area contributed by atoms with Crippen LogP contribution >= 0.6 is 11.6 Å². The van der Waals surface area contributed by atoms with Crippen molar-refractivity contribution in [1.29, 1.82) is 0 Å². The van der Waals surface area contributed by atoms with Crippen molar-refractivity contribution in [2.75, 3.05) is 0 Å². The van der Waals surface area contributed by atoms with E-state index in [1.165, 1.54) is 6.07 Å². The monoisotopic (exact) mass is 527 g/mol. The molecular formula is C28H26ClN7O2. The lowest BCUT2D eigenvalue weighted by atomic mass is 9.97. The quantitative estimate of drug-likeness (QED) is 0.245. The highest BCUT2D eigenvalue weighted by Gasteiger charge is 2.26. The Morgan fingerprint density at radius 2 is 1.92 bits per heavy atom. The molecule has 3 aromatic heterocycles. The van der Waals surface area contributed by atoms with Crippen molar-refractivity contribution in [2.24, 2.45) is 0 Å². The number of tetrazole rings is 1. The molecule has 0 unspecified atom stereocenters. The van der Waals surface area contributed by atoms with Gasteiger partial charge < -0.3 is 9.67 Å². The number of aromatic hydroxyl groups is 1. The van der Waals surface area contributed by atoms with Crippen LogP contribution in [0.2, 0.25) is 5.15 Å². The summed E-state index contributed by atoms with van der Waals surface area (Å²) in [5.74, 6) is 0.480. The van der Waals surface area contributed by atoms with Gasteiger partial charge in [0.25, 0.3) is 0 Å². The van der Waals surface area contributed by atoms with Gasteiger partial charge in [-0.2, -0.15) is 5.21 Å². The van der Waals surface area contributed by atoms with Crippen LogP contribution < -0.4 is 0 Å². The van der Waals surface area contributed by atoms with Gasteiger partial charge in [0.2, 0.25) is 11.6 Å². The molecule has 0 saturated heterocycles. The minimum Gasteiger partial charge on any atom is -0.506 e. The zero-order chi connectivity index (χ0) is 26.6. The Morgan fingerprint density at radius 1 is 1.11 bits per heavy atom. The van der Waals surface area contributed by atoms with Gasteiger partial charge in [0.15, 0.2) is 10.8 Å². The number of imidazole rings is 1. The first-order valence-corrected chi connectivity index (χ1v) is 12.7. The Morgan fingerprint density at radius 3 is 2.63 bits per heavy atom. The Hall–Kier alpha value is -4.37. The summed E-state index contributed by atoms with van der Waals surface area (Å²) in [5, 5.41) is 25.2. The third-order valence-corrected chi connectivity index (χ3v) is 6.55. The number of hydrogen-bond acceptors (Lipinski definition) is 7. The molecule has 0 aliphatic heterocycles. The number of nitrogens with one attached hydrogen (secondary N) is 1. The standard InChI is InChI=1S/C28H26ClN7O2/c1-3-4-10-23-31-27(29)25(26(38)24-22(37)13-17(2)15-30-24)36(23)16-18-11-12-20(19-8-6-5-7-9-19)21(14-18)28-32-34-35-33-28/h5-9,11-15,37H,3-4,10,16H2,1-2H3,(H,32,33,34,35). The first-order valence-electron chi connectivity index (χ1n) is 12.3. The topological polar surface area (TPSA) is 122 Å². The van der Waals surface area contributed by atoms with E-state index < -0.39 is 5.78 Å².